The molecule has 0 heterocycles. The molecule has 0 saturated carbocycles. The van der Waals surface area contributed by atoms with Crippen molar-refractivity contribution in [2.24, 2.45) is 0 Å². The lowest BCUT2D eigenvalue weighted by atomic mass is 10.5. The van der Waals surface area contributed by atoms with Gasteiger partial charge in [-0.05, 0) is 6.92 Å². The van der Waals surface area contributed by atoms with E-state index in [4.69, 9.17) is 24.3 Å². The van der Waals surface area contributed by atoms with E-state index in [0.717, 1.165) is 0 Å². The van der Waals surface area contributed by atoms with Gasteiger partial charge in [-0.3, -0.25) is 4.46 Å². The van der Waals surface area contributed by atoms with Crippen molar-refractivity contribution >= 4 is 9.17 Å². The van der Waals surface area contributed by atoms with Crippen LogP contribution >= 0.6 is 0 Å². The van der Waals surface area contributed by atoms with E-state index in [2.05, 4.69) is 0 Å². The molecular weight excluding hydrogens is 144 g/mol. The Hall–Kier alpha value is -0.463. The van der Waals surface area contributed by atoms with Gasteiger partial charge in [0.1, 0.15) is 0 Å². The monoisotopic (exact) mass is 154 g/mol. The molecule has 0 aliphatic heterocycles. The third kappa shape index (κ3) is 97.8. The summed E-state index contributed by atoms with van der Waals surface area (Å²) >= 11 is 0. The van der Waals surface area contributed by atoms with Gasteiger partial charge in [-0.2, -0.15) is 0 Å². The molecule has 0 aliphatic carbocycles. The summed E-state index contributed by atoms with van der Waals surface area (Å²) in [6.45, 7) is 1.39. The van der Waals surface area contributed by atoms with Crippen molar-refractivity contribution in [3.05, 3.63) is 0 Å². The van der Waals surface area contributed by atoms with Crippen molar-refractivity contribution in [3.8, 4) is 0 Å². The topological polar surface area (TPSA) is 98.0 Å². The Bertz CT molecular complexity index is 68.6. The van der Waals surface area contributed by atoms with E-state index in [1.54, 1.807) is 0 Å². The smallest absolute Gasteiger partial charge is 0.511 e. The van der Waals surface area contributed by atoms with Crippen LogP contribution in [0.2, 0.25) is 0 Å². The number of hydrogen-bond acceptors (Lipinski definition) is 3. The largest absolute Gasteiger partial charge is 0.761 e. The zero-order chi connectivity index (χ0) is 7.86. The highest BCUT2D eigenvalue weighted by atomic mass is 28.3. The fourth-order valence-corrected chi connectivity index (χ4v) is 0. The molecule has 0 rings (SSSR count). The molecule has 0 fully saturated rings. The number of aliphatic hydroxyl groups excluding tert-OH is 2. The quantitative estimate of drug-likeness (QED) is 0.320. The molecule has 6 heteroatoms. The highest BCUT2D eigenvalue weighted by molar-refractivity contribution is 6.22. The highest BCUT2D eigenvalue weighted by Crippen LogP contribution is 1.68. The van der Waals surface area contributed by atoms with E-state index in [0.29, 0.717) is 0 Å². The summed E-state index contributed by atoms with van der Waals surface area (Å²) in [6.07, 6.45) is -0.560. The Morgan fingerprint density at radius 2 is 1.67 bits per heavy atom. The summed E-state index contributed by atoms with van der Waals surface area (Å²) < 4.78 is 8.74. The van der Waals surface area contributed by atoms with Crippen LogP contribution in [-0.2, 0) is 4.46 Å². The minimum atomic E-state index is -3.13. The summed E-state index contributed by atoms with van der Waals surface area (Å²) in [5.74, 6) is 0. The van der Waals surface area contributed by atoms with Gasteiger partial charge in [0.05, 0.1) is 12.7 Å². The molecule has 0 aromatic heterocycles. The highest BCUT2D eigenvalue weighted by Gasteiger charge is 1.85. The second kappa shape index (κ2) is 7.54. The molecular formula is C3H10O5Si. The van der Waals surface area contributed by atoms with Gasteiger partial charge in [0, 0.05) is 0 Å². The van der Waals surface area contributed by atoms with Crippen molar-refractivity contribution in [1.82, 2.24) is 0 Å². The lowest BCUT2D eigenvalue weighted by molar-refractivity contribution is 0.110. The normalized spacial score (nSPS) is 11.0. The average Bonchev–Trinajstić information content (AvgIpc) is 1.65. The number of hydrogen-bond donors (Lipinski definition) is 4. The Morgan fingerprint density at radius 3 is 1.67 bits per heavy atom. The Labute approximate surface area is 54.1 Å². The Balaban J connectivity index is 0. The van der Waals surface area contributed by atoms with Gasteiger partial charge in [-0.1, -0.05) is 0 Å². The zero-order valence-corrected chi connectivity index (χ0v) is 5.98. The van der Waals surface area contributed by atoms with Crippen LogP contribution in [0.25, 0.3) is 0 Å². The molecule has 0 radical (unpaired) electrons. The van der Waals surface area contributed by atoms with Crippen LogP contribution in [0.5, 0.6) is 0 Å². The van der Waals surface area contributed by atoms with Gasteiger partial charge >= 0.3 is 9.17 Å². The summed E-state index contributed by atoms with van der Waals surface area (Å²) in [7, 11) is -3.13. The maximum absolute atomic E-state index is 8.74. The Kier molecular flexibility index (Phi) is 9.50. The van der Waals surface area contributed by atoms with Gasteiger partial charge in [-0.25, -0.2) is 0 Å². The summed E-state index contributed by atoms with van der Waals surface area (Å²) in [6, 6.07) is 0. The molecule has 0 amide bonds. The van der Waals surface area contributed by atoms with Crippen LogP contribution in [0.3, 0.4) is 0 Å². The van der Waals surface area contributed by atoms with Crippen LogP contribution in [0.15, 0.2) is 0 Å². The summed E-state index contributed by atoms with van der Waals surface area (Å²) in [5.41, 5.74) is 0. The van der Waals surface area contributed by atoms with Crippen molar-refractivity contribution in [1.29, 1.82) is 0 Å². The van der Waals surface area contributed by atoms with E-state index < -0.39 is 15.3 Å². The molecule has 56 valence electrons. The molecule has 0 aromatic carbocycles. The van der Waals surface area contributed by atoms with Gasteiger partial charge in [0.2, 0.25) is 0 Å². The second-order valence-corrected chi connectivity index (χ2v) is 1.88. The van der Waals surface area contributed by atoms with Crippen molar-refractivity contribution in [3.63, 3.8) is 0 Å². The van der Waals surface area contributed by atoms with Crippen LogP contribution in [0.4, 0.5) is 0 Å². The second-order valence-electron chi connectivity index (χ2n) is 1.31. The van der Waals surface area contributed by atoms with Crippen LogP contribution in [-0.4, -0.2) is 41.7 Å². The minimum absolute atomic E-state index is 0.139. The van der Waals surface area contributed by atoms with Crippen LogP contribution in [0.1, 0.15) is 6.92 Å². The summed E-state index contributed by atoms with van der Waals surface area (Å²) in [5, 5.41) is 16.0. The SMILES string of the molecule is CC(O)CO.O=[Si](O)O. The van der Waals surface area contributed by atoms with Gasteiger partial charge < -0.3 is 19.8 Å². The molecule has 0 aromatic rings. The molecule has 1 unspecified atom stereocenters. The third-order valence-corrected chi connectivity index (χ3v) is 0.264. The molecule has 0 aliphatic rings. The number of aliphatic hydroxyl groups is 2. The number of rotatable bonds is 1. The lowest BCUT2D eigenvalue weighted by Gasteiger charge is -1.90. The maximum Gasteiger partial charge on any atom is 0.761 e. The first-order valence-corrected chi connectivity index (χ1v) is 3.51. The lowest BCUT2D eigenvalue weighted by Crippen LogP contribution is -2.03. The van der Waals surface area contributed by atoms with Crippen LogP contribution in [0, 0.1) is 0 Å². The van der Waals surface area contributed by atoms with Gasteiger partial charge in [-0.15, -0.1) is 0 Å². The predicted molar refractivity (Wildman–Crippen MR) is 29.6 cm³/mol. The molecule has 4 N–H and O–H groups in total. The van der Waals surface area contributed by atoms with E-state index in [1.165, 1.54) is 6.92 Å². The molecule has 5 nitrogen and oxygen atoms in total. The zero-order valence-electron chi connectivity index (χ0n) is 4.98. The fraction of sp³-hybridized carbons (Fsp3) is 1.00. The van der Waals surface area contributed by atoms with E-state index >= 15 is 0 Å². The minimum Gasteiger partial charge on any atom is -0.511 e. The molecule has 0 saturated heterocycles. The van der Waals surface area contributed by atoms with E-state index in [9.17, 15) is 0 Å². The first-order valence-electron chi connectivity index (χ1n) is 2.21. The van der Waals surface area contributed by atoms with Gasteiger partial charge in [0.15, 0.2) is 0 Å². The van der Waals surface area contributed by atoms with Crippen LogP contribution < -0.4 is 0 Å². The molecule has 0 spiro atoms. The van der Waals surface area contributed by atoms with Crippen molar-refractivity contribution in [2.45, 2.75) is 13.0 Å². The predicted octanol–water partition coefficient (Wildman–Crippen LogP) is -2.25. The van der Waals surface area contributed by atoms with Crippen molar-refractivity contribution in [2.75, 3.05) is 6.61 Å². The third-order valence-electron chi connectivity index (χ3n) is 0.264. The fourth-order valence-electron chi connectivity index (χ4n) is 0. The first-order chi connectivity index (χ1) is 4.00. The van der Waals surface area contributed by atoms with E-state index in [-0.39, 0.29) is 6.61 Å². The maximum atomic E-state index is 8.74. The van der Waals surface area contributed by atoms with Crippen molar-refractivity contribution < 1.29 is 24.3 Å². The first kappa shape index (κ1) is 11.3. The summed E-state index contributed by atoms with van der Waals surface area (Å²) in [4.78, 5) is 14.3. The molecule has 9 heavy (non-hydrogen) atoms. The van der Waals surface area contributed by atoms with Gasteiger partial charge in [0.25, 0.3) is 0 Å². The Morgan fingerprint density at radius 1 is 1.56 bits per heavy atom. The van der Waals surface area contributed by atoms with E-state index in [1.807, 2.05) is 0 Å². The average molecular weight is 154 g/mol. The molecule has 1 atom stereocenters. The standard InChI is InChI=1S/C3H8O2.H2O3Si/c1-3(5)2-4;1-4(2)3/h3-5H,2H2,1H3;1-2H. The molecule has 0 bridgehead atoms.